The van der Waals surface area contributed by atoms with Crippen molar-refractivity contribution in [3.63, 3.8) is 0 Å². The van der Waals surface area contributed by atoms with Crippen LogP contribution in [0.4, 0.5) is 0 Å². The Hall–Kier alpha value is -2.57. The van der Waals surface area contributed by atoms with E-state index >= 15 is 0 Å². The van der Waals surface area contributed by atoms with Crippen LogP contribution in [0.1, 0.15) is 5.56 Å². The standard InChI is InChI=1S/C21H23N3O2S/c1-15-8-10-17(11-9-15)20-23-19(16-6-4-3-5-7-16)21(24-20)27-14-18(25)22-12-13-26-2/h3-11H,12-14H2,1-2H3,(H,22,25)(H,23,24). The molecule has 6 heteroatoms. The van der Waals surface area contributed by atoms with Gasteiger partial charge in [0.25, 0.3) is 0 Å². The molecule has 1 heterocycles. The summed E-state index contributed by atoms with van der Waals surface area (Å²) in [7, 11) is 1.61. The van der Waals surface area contributed by atoms with Crippen LogP contribution in [0.15, 0.2) is 59.6 Å². The monoisotopic (exact) mass is 381 g/mol. The zero-order valence-corrected chi connectivity index (χ0v) is 16.3. The number of thioether (sulfide) groups is 1. The molecule has 0 spiro atoms. The number of hydrogen-bond acceptors (Lipinski definition) is 4. The predicted octanol–water partition coefficient (Wildman–Crippen LogP) is 3.91. The number of imidazole rings is 1. The SMILES string of the molecule is COCCNC(=O)CSc1nc(-c2ccc(C)cc2)[nH]c1-c1ccccc1. The number of rotatable bonds is 8. The molecular weight excluding hydrogens is 358 g/mol. The lowest BCUT2D eigenvalue weighted by atomic mass is 10.1. The largest absolute Gasteiger partial charge is 0.383 e. The predicted molar refractivity (Wildman–Crippen MR) is 110 cm³/mol. The van der Waals surface area contributed by atoms with E-state index in [1.54, 1.807) is 7.11 Å². The molecule has 0 saturated heterocycles. The van der Waals surface area contributed by atoms with Crippen LogP contribution in [0.3, 0.4) is 0 Å². The summed E-state index contributed by atoms with van der Waals surface area (Å²) in [5.74, 6) is 1.08. The molecule has 0 atom stereocenters. The molecule has 5 nitrogen and oxygen atoms in total. The number of H-pyrrole nitrogens is 1. The third kappa shape index (κ3) is 5.21. The van der Waals surface area contributed by atoms with E-state index in [9.17, 15) is 4.79 Å². The molecule has 0 aliphatic carbocycles. The Morgan fingerprint density at radius 1 is 1.11 bits per heavy atom. The van der Waals surface area contributed by atoms with Gasteiger partial charge >= 0.3 is 0 Å². The first-order chi connectivity index (χ1) is 13.2. The van der Waals surface area contributed by atoms with Crippen molar-refractivity contribution in [3.05, 3.63) is 60.2 Å². The highest BCUT2D eigenvalue weighted by molar-refractivity contribution is 8.00. The van der Waals surface area contributed by atoms with Crippen molar-refractivity contribution in [2.75, 3.05) is 26.0 Å². The molecule has 2 aromatic carbocycles. The Kier molecular flexibility index (Phi) is 6.68. The maximum atomic E-state index is 12.0. The normalized spacial score (nSPS) is 10.7. The quantitative estimate of drug-likeness (QED) is 0.459. The molecule has 1 aromatic heterocycles. The zero-order valence-electron chi connectivity index (χ0n) is 15.5. The maximum Gasteiger partial charge on any atom is 0.230 e. The Morgan fingerprint density at radius 3 is 2.56 bits per heavy atom. The molecule has 3 aromatic rings. The van der Waals surface area contributed by atoms with Crippen LogP contribution in [-0.2, 0) is 9.53 Å². The van der Waals surface area contributed by atoms with E-state index in [1.807, 2.05) is 30.3 Å². The second-order valence-electron chi connectivity index (χ2n) is 6.13. The summed E-state index contributed by atoms with van der Waals surface area (Å²) >= 11 is 1.43. The number of carbonyl (C=O) groups is 1. The number of benzene rings is 2. The van der Waals surface area contributed by atoms with Crippen LogP contribution in [0.5, 0.6) is 0 Å². The molecule has 2 N–H and O–H groups in total. The molecule has 0 aliphatic rings. The molecule has 0 fully saturated rings. The van der Waals surface area contributed by atoms with Crippen LogP contribution in [0.2, 0.25) is 0 Å². The minimum Gasteiger partial charge on any atom is -0.383 e. The lowest BCUT2D eigenvalue weighted by Gasteiger charge is -2.04. The fourth-order valence-electron chi connectivity index (χ4n) is 2.59. The number of aromatic nitrogens is 2. The maximum absolute atomic E-state index is 12.0. The van der Waals surface area contributed by atoms with Gasteiger partial charge in [0.05, 0.1) is 18.1 Å². The molecule has 0 unspecified atom stereocenters. The third-order valence-corrected chi connectivity index (χ3v) is 5.00. The van der Waals surface area contributed by atoms with Gasteiger partial charge < -0.3 is 15.0 Å². The minimum absolute atomic E-state index is 0.0315. The summed E-state index contributed by atoms with van der Waals surface area (Å²) in [6, 6.07) is 18.3. The molecule has 1 amide bonds. The summed E-state index contributed by atoms with van der Waals surface area (Å²) in [5, 5.41) is 3.65. The number of nitrogens with one attached hydrogen (secondary N) is 2. The number of ether oxygens (including phenoxy) is 1. The van der Waals surface area contributed by atoms with Crippen molar-refractivity contribution in [3.8, 4) is 22.6 Å². The molecule has 0 radical (unpaired) electrons. The van der Waals surface area contributed by atoms with Crippen LogP contribution < -0.4 is 5.32 Å². The van der Waals surface area contributed by atoms with E-state index in [0.29, 0.717) is 18.9 Å². The molecular formula is C21H23N3O2S. The summed E-state index contributed by atoms with van der Waals surface area (Å²) < 4.78 is 4.95. The van der Waals surface area contributed by atoms with Gasteiger partial charge in [0, 0.05) is 24.8 Å². The fourth-order valence-corrected chi connectivity index (χ4v) is 3.43. The first-order valence-electron chi connectivity index (χ1n) is 8.78. The Labute approximate surface area is 163 Å². The van der Waals surface area contributed by atoms with Gasteiger partial charge in [0.1, 0.15) is 10.9 Å². The van der Waals surface area contributed by atoms with Crippen molar-refractivity contribution in [1.82, 2.24) is 15.3 Å². The van der Waals surface area contributed by atoms with E-state index < -0.39 is 0 Å². The van der Waals surface area contributed by atoms with Crippen LogP contribution in [0.25, 0.3) is 22.6 Å². The van der Waals surface area contributed by atoms with Gasteiger partial charge in [-0.1, -0.05) is 71.9 Å². The lowest BCUT2D eigenvalue weighted by molar-refractivity contribution is -0.118. The lowest BCUT2D eigenvalue weighted by Crippen LogP contribution is -2.28. The molecule has 0 saturated carbocycles. The highest BCUT2D eigenvalue weighted by Gasteiger charge is 2.15. The Morgan fingerprint density at radius 2 is 1.85 bits per heavy atom. The third-order valence-electron chi connectivity index (χ3n) is 4.03. The molecule has 3 rings (SSSR count). The zero-order chi connectivity index (χ0) is 19.1. The Balaban J connectivity index is 1.82. The summed E-state index contributed by atoms with van der Waals surface area (Å²) in [5.41, 5.74) is 4.21. The van der Waals surface area contributed by atoms with Gasteiger partial charge in [-0.2, -0.15) is 0 Å². The number of carbonyl (C=O) groups excluding carboxylic acids is 1. The van der Waals surface area contributed by atoms with Crippen molar-refractivity contribution in [2.45, 2.75) is 11.9 Å². The first kappa shape index (κ1) is 19.2. The molecule has 0 bridgehead atoms. The smallest absolute Gasteiger partial charge is 0.230 e. The average molecular weight is 382 g/mol. The summed E-state index contributed by atoms with van der Waals surface area (Å²) in [4.78, 5) is 20.2. The van der Waals surface area contributed by atoms with Crippen molar-refractivity contribution < 1.29 is 9.53 Å². The summed E-state index contributed by atoms with van der Waals surface area (Å²) in [6.07, 6.45) is 0. The van der Waals surface area contributed by atoms with Gasteiger partial charge in [0.2, 0.25) is 5.91 Å². The second-order valence-corrected chi connectivity index (χ2v) is 7.09. The molecule has 140 valence electrons. The number of amides is 1. The van der Waals surface area contributed by atoms with Crippen LogP contribution in [0, 0.1) is 6.92 Å². The van der Waals surface area contributed by atoms with Gasteiger partial charge in [0.15, 0.2) is 0 Å². The van der Waals surface area contributed by atoms with Gasteiger partial charge in [-0.3, -0.25) is 4.79 Å². The number of nitrogens with zero attached hydrogens (tertiary/aromatic N) is 1. The van der Waals surface area contributed by atoms with Gasteiger partial charge in [-0.05, 0) is 6.92 Å². The van der Waals surface area contributed by atoms with Gasteiger partial charge in [-0.25, -0.2) is 4.98 Å². The highest BCUT2D eigenvalue weighted by Crippen LogP contribution is 2.32. The van der Waals surface area contributed by atoms with E-state index in [4.69, 9.17) is 9.72 Å². The minimum atomic E-state index is -0.0315. The second kappa shape index (κ2) is 9.39. The number of aryl methyl sites for hydroxylation is 1. The fraction of sp³-hybridized carbons (Fsp3) is 0.238. The van der Waals surface area contributed by atoms with Crippen molar-refractivity contribution >= 4 is 17.7 Å². The van der Waals surface area contributed by atoms with E-state index in [0.717, 1.165) is 27.7 Å². The average Bonchev–Trinajstić information content (AvgIpc) is 3.12. The first-order valence-corrected chi connectivity index (χ1v) is 9.77. The number of methoxy groups -OCH3 is 1. The van der Waals surface area contributed by atoms with Crippen LogP contribution >= 0.6 is 11.8 Å². The van der Waals surface area contributed by atoms with E-state index in [1.165, 1.54) is 17.3 Å². The van der Waals surface area contributed by atoms with Crippen LogP contribution in [-0.4, -0.2) is 41.9 Å². The topological polar surface area (TPSA) is 67.0 Å². The van der Waals surface area contributed by atoms with E-state index in [2.05, 4.69) is 41.5 Å². The Bertz CT molecular complexity index is 876. The number of hydrogen-bond donors (Lipinski definition) is 2. The van der Waals surface area contributed by atoms with E-state index in [-0.39, 0.29) is 5.91 Å². The highest BCUT2D eigenvalue weighted by atomic mass is 32.2. The van der Waals surface area contributed by atoms with Gasteiger partial charge in [-0.15, -0.1) is 0 Å². The number of aromatic amines is 1. The molecule has 0 aliphatic heterocycles. The summed E-state index contributed by atoms with van der Waals surface area (Å²) in [6.45, 7) is 3.08. The van der Waals surface area contributed by atoms with Crippen molar-refractivity contribution in [1.29, 1.82) is 0 Å². The van der Waals surface area contributed by atoms with Crippen molar-refractivity contribution in [2.24, 2.45) is 0 Å². The molecule has 27 heavy (non-hydrogen) atoms.